The lowest BCUT2D eigenvalue weighted by Crippen LogP contribution is -2.37. The van der Waals surface area contributed by atoms with Crippen LogP contribution in [0.3, 0.4) is 0 Å². The SMILES string of the molecule is CC(C)NC(=O)[C@@H]1CC(=O)N(C)[C@@H]1c1cccs1. The lowest BCUT2D eigenvalue weighted by molar-refractivity contribution is -0.128. The lowest BCUT2D eigenvalue weighted by atomic mass is 9.97. The third kappa shape index (κ3) is 2.41. The molecule has 2 heterocycles. The van der Waals surface area contributed by atoms with Crippen LogP contribution < -0.4 is 5.32 Å². The minimum Gasteiger partial charge on any atom is -0.354 e. The van der Waals surface area contributed by atoms with Gasteiger partial charge in [0.05, 0.1) is 12.0 Å². The van der Waals surface area contributed by atoms with E-state index in [9.17, 15) is 9.59 Å². The Kier molecular flexibility index (Phi) is 3.71. The summed E-state index contributed by atoms with van der Waals surface area (Å²) >= 11 is 1.59. The van der Waals surface area contributed by atoms with Crippen LogP contribution in [0.4, 0.5) is 0 Å². The summed E-state index contributed by atoms with van der Waals surface area (Å²) in [5, 5.41) is 4.88. The number of rotatable bonds is 3. The van der Waals surface area contributed by atoms with Crippen LogP contribution in [-0.2, 0) is 9.59 Å². The molecule has 4 nitrogen and oxygen atoms in total. The highest BCUT2D eigenvalue weighted by Gasteiger charge is 2.43. The van der Waals surface area contributed by atoms with E-state index >= 15 is 0 Å². The highest BCUT2D eigenvalue weighted by atomic mass is 32.1. The van der Waals surface area contributed by atoms with E-state index in [-0.39, 0.29) is 29.8 Å². The van der Waals surface area contributed by atoms with Crippen molar-refractivity contribution in [2.24, 2.45) is 5.92 Å². The van der Waals surface area contributed by atoms with Crippen molar-refractivity contribution in [1.29, 1.82) is 0 Å². The first-order chi connectivity index (χ1) is 8.50. The minimum atomic E-state index is -0.274. The zero-order valence-electron chi connectivity index (χ0n) is 10.8. The van der Waals surface area contributed by atoms with Gasteiger partial charge in [-0.25, -0.2) is 0 Å². The number of amides is 2. The number of nitrogens with zero attached hydrogens (tertiary/aromatic N) is 1. The van der Waals surface area contributed by atoms with Gasteiger partial charge < -0.3 is 10.2 Å². The Balaban J connectivity index is 2.23. The van der Waals surface area contributed by atoms with Gasteiger partial charge in [0, 0.05) is 24.4 Å². The molecule has 1 fully saturated rings. The van der Waals surface area contributed by atoms with Gasteiger partial charge in [-0.15, -0.1) is 11.3 Å². The fourth-order valence-corrected chi connectivity index (χ4v) is 3.28. The monoisotopic (exact) mass is 266 g/mol. The topological polar surface area (TPSA) is 49.4 Å². The molecule has 0 radical (unpaired) electrons. The number of hydrogen-bond acceptors (Lipinski definition) is 3. The van der Waals surface area contributed by atoms with Crippen molar-refractivity contribution in [3.63, 3.8) is 0 Å². The molecule has 0 unspecified atom stereocenters. The van der Waals surface area contributed by atoms with Crippen LogP contribution >= 0.6 is 11.3 Å². The third-order valence-corrected chi connectivity index (χ3v) is 4.13. The Labute approximate surface area is 111 Å². The van der Waals surface area contributed by atoms with Crippen molar-refractivity contribution in [2.45, 2.75) is 32.4 Å². The summed E-state index contributed by atoms with van der Waals surface area (Å²) in [6, 6.07) is 3.92. The van der Waals surface area contributed by atoms with Crippen molar-refractivity contribution < 1.29 is 9.59 Å². The second-order valence-electron chi connectivity index (χ2n) is 4.94. The summed E-state index contributed by atoms with van der Waals surface area (Å²) in [7, 11) is 1.77. The van der Waals surface area contributed by atoms with Gasteiger partial charge in [0.25, 0.3) is 0 Å². The zero-order valence-corrected chi connectivity index (χ0v) is 11.7. The molecule has 1 aromatic heterocycles. The molecule has 18 heavy (non-hydrogen) atoms. The van der Waals surface area contributed by atoms with Gasteiger partial charge in [-0.05, 0) is 25.3 Å². The molecule has 98 valence electrons. The molecule has 1 aliphatic rings. The van der Waals surface area contributed by atoms with Crippen LogP contribution in [0, 0.1) is 5.92 Å². The van der Waals surface area contributed by atoms with Crippen LogP contribution in [0.5, 0.6) is 0 Å². The number of thiophene rings is 1. The van der Waals surface area contributed by atoms with Crippen LogP contribution in [-0.4, -0.2) is 29.8 Å². The van der Waals surface area contributed by atoms with Crippen molar-refractivity contribution in [1.82, 2.24) is 10.2 Å². The molecular weight excluding hydrogens is 248 g/mol. The average Bonchev–Trinajstić information content (AvgIpc) is 2.87. The largest absolute Gasteiger partial charge is 0.354 e. The molecule has 2 rings (SSSR count). The molecule has 1 aliphatic heterocycles. The van der Waals surface area contributed by atoms with Gasteiger partial charge in [-0.1, -0.05) is 6.07 Å². The van der Waals surface area contributed by atoms with Crippen molar-refractivity contribution >= 4 is 23.2 Å². The molecule has 0 spiro atoms. The van der Waals surface area contributed by atoms with E-state index in [2.05, 4.69) is 5.32 Å². The first-order valence-electron chi connectivity index (χ1n) is 6.10. The molecule has 2 amide bonds. The highest BCUT2D eigenvalue weighted by molar-refractivity contribution is 7.10. The highest BCUT2D eigenvalue weighted by Crippen LogP contribution is 2.39. The van der Waals surface area contributed by atoms with Crippen LogP contribution in [0.25, 0.3) is 0 Å². The van der Waals surface area contributed by atoms with Crippen LogP contribution in [0.2, 0.25) is 0 Å². The molecule has 1 aromatic rings. The molecule has 2 atom stereocenters. The summed E-state index contributed by atoms with van der Waals surface area (Å²) in [5.74, 6) is -0.262. The van der Waals surface area contributed by atoms with E-state index in [1.165, 1.54) is 0 Å². The van der Waals surface area contributed by atoms with E-state index in [1.54, 1.807) is 23.3 Å². The summed E-state index contributed by atoms with van der Waals surface area (Å²) in [6.45, 7) is 3.86. The molecule has 5 heteroatoms. The van der Waals surface area contributed by atoms with E-state index in [0.717, 1.165) is 4.88 Å². The number of carbonyl (C=O) groups is 2. The number of likely N-dealkylation sites (tertiary alicyclic amines) is 1. The standard InChI is InChI=1S/C13H18N2O2S/c1-8(2)14-13(17)9-7-11(16)15(3)12(9)10-5-4-6-18-10/h4-6,8-9,12H,7H2,1-3H3,(H,14,17)/t9-,12+/m1/s1. The average molecular weight is 266 g/mol. The van der Waals surface area contributed by atoms with Gasteiger partial charge in [0.2, 0.25) is 11.8 Å². The molecule has 1 saturated heterocycles. The normalized spacial score (nSPS) is 23.8. The maximum absolute atomic E-state index is 12.2. The molecule has 0 aromatic carbocycles. The second-order valence-corrected chi connectivity index (χ2v) is 5.92. The Hall–Kier alpha value is -1.36. The van der Waals surface area contributed by atoms with E-state index in [1.807, 2.05) is 31.4 Å². The Bertz CT molecular complexity index is 442. The zero-order chi connectivity index (χ0) is 13.3. The van der Waals surface area contributed by atoms with E-state index in [0.29, 0.717) is 6.42 Å². The van der Waals surface area contributed by atoms with Crippen LogP contribution in [0.15, 0.2) is 17.5 Å². The first kappa shape index (κ1) is 13.1. The van der Waals surface area contributed by atoms with E-state index < -0.39 is 0 Å². The minimum absolute atomic E-state index is 0.0268. The molecular formula is C13H18N2O2S. The van der Waals surface area contributed by atoms with Gasteiger partial charge in [-0.3, -0.25) is 9.59 Å². The summed E-state index contributed by atoms with van der Waals surface area (Å²) < 4.78 is 0. The van der Waals surface area contributed by atoms with Crippen LogP contribution in [0.1, 0.15) is 31.2 Å². The smallest absolute Gasteiger partial charge is 0.226 e. The first-order valence-corrected chi connectivity index (χ1v) is 6.98. The quantitative estimate of drug-likeness (QED) is 0.907. The predicted octanol–water partition coefficient (Wildman–Crippen LogP) is 1.79. The van der Waals surface area contributed by atoms with E-state index in [4.69, 9.17) is 0 Å². The van der Waals surface area contributed by atoms with Gasteiger partial charge in [0.15, 0.2) is 0 Å². The Morgan fingerprint density at radius 3 is 2.83 bits per heavy atom. The third-order valence-electron chi connectivity index (χ3n) is 3.19. The predicted molar refractivity (Wildman–Crippen MR) is 71.2 cm³/mol. The van der Waals surface area contributed by atoms with Crippen molar-refractivity contribution in [3.8, 4) is 0 Å². The number of nitrogens with one attached hydrogen (secondary N) is 1. The van der Waals surface area contributed by atoms with Crippen molar-refractivity contribution in [3.05, 3.63) is 22.4 Å². The molecule has 0 bridgehead atoms. The molecule has 0 saturated carbocycles. The Morgan fingerprint density at radius 1 is 1.56 bits per heavy atom. The van der Waals surface area contributed by atoms with Gasteiger partial charge >= 0.3 is 0 Å². The number of hydrogen-bond donors (Lipinski definition) is 1. The fourth-order valence-electron chi connectivity index (χ4n) is 2.35. The number of carbonyl (C=O) groups excluding carboxylic acids is 2. The second kappa shape index (κ2) is 5.10. The van der Waals surface area contributed by atoms with Gasteiger partial charge in [0.1, 0.15) is 0 Å². The van der Waals surface area contributed by atoms with Gasteiger partial charge in [-0.2, -0.15) is 0 Å². The fraction of sp³-hybridized carbons (Fsp3) is 0.538. The molecule has 1 N–H and O–H groups in total. The summed E-state index contributed by atoms with van der Waals surface area (Å²) in [6.07, 6.45) is 0.303. The van der Waals surface area contributed by atoms with Crippen molar-refractivity contribution in [2.75, 3.05) is 7.05 Å². The lowest BCUT2D eigenvalue weighted by Gasteiger charge is -2.24. The maximum Gasteiger partial charge on any atom is 0.226 e. The maximum atomic E-state index is 12.2. The Morgan fingerprint density at radius 2 is 2.28 bits per heavy atom. The summed E-state index contributed by atoms with van der Waals surface area (Å²) in [4.78, 5) is 26.8. The molecule has 0 aliphatic carbocycles. The summed E-state index contributed by atoms with van der Waals surface area (Å²) in [5.41, 5.74) is 0.